The molecule has 0 spiro atoms. The summed E-state index contributed by atoms with van der Waals surface area (Å²) in [6.07, 6.45) is 2.63. The van der Waals surface area contributed by atoms with Crippen LogP contribution in [0.1, 0.15) is 52.9 Å². The quantitative estimate of drug-likeness (QED) is 0.0831. The molecule has 10 N–H and O–H groups in total. The first-order valence-electron chi connectivity index (χ1n) is 12.4. The Labute approximate surface area is 226 Å². The lowest BCUT2D eigenvalue weighted by Gasteiger charge is -2.27. The van der Waals surface area contributed by atoms with E-state index in [1.807, 2.05) is 6.26 Å². The molecule has 0 rings (SSSR count). The fourth-order valence-corrected chi connectivity index (χ4v) is 3.74. The number of thioether (sulfide) groups is 1. The molecule has 0 aromatic carbocycles. The molecule has 15 heteroatoms. The van der Waals surface area contributed by atoms with E-state index in [0.717, 1.165) is 0 Å². The van der Waals surface area contributed by atoms with Crippen molar-refractivity contribution in [2.24, 2.45) is 17.4 Å². The molecule has 0 bridgehead atoms. The van der Waals surface area contributed by atoms with Crippen molar-refractivity contribution in [1.82, 2.24) is 21.3 Å². The second-order valence-corrected chi connectivity index (χ2v) is 10.2. The van der Waals surface area contributed by atoms with Crippen LogP contribution >= 0.6 is 11.8 Å². The summed E-state index contributed by atoms with van der Waals surface area (Å²) in [6.45, 7) is 5.05. The van der Waals surface area contributed by atoms with Crippen molar-refractivity contribution >= 4 is 47.3 Å². The van der Waals surface area contributed by atoms with E-state index in [2.05, 4.69) is 21.3 Å². The van der Waals surface area contributed by atoms with E-state index in [0.29, 0.717) is 25.1 Å². The normalized spacial score (nSPS) is 14.9. The summed E-state index contributed by atoms with van der Waals surface area (Å²) < 4.78 is 0. The Kier molecular flexibility index (Phi) is 17.0. The Morgan fingerprint density at radius 1 is 0.789 bits per heavy atom. The highest BCUT2D eigenvalue weighted by Crippen LogP contribution is 2.08. The maximum absolute atomic E-state index is 13.0. The number of hydrogen-bond donors (Lipinski definition) is 8. The Balaban J connectivity index is 5.44. The molecular weight excluding hydrogens is 520 g/mol. The van der Waals surface area contributed by atoms with Gasteiger partial charge in [0.1, 0.15) is 24.2 Å². The Morgan fingerprint density at radius 3 is 1.89 bits per heavy atom. The van der Waals surface area contributed by atoms with Gasteiger partial charge < -0.3 is 42.9 Å². The molecule has 4 amide bonds. The van der Waals surface area contributed by atoms with Crippen LogP contribution in [0.3, 0.4) is 0 Å². The van der Waals surface area contributed by atoms with Crippen molar-refractivity contribution in [2.75, 3.05) is 18.6 Å². The first-order valence-corrected chi connectivity index (χ1v) is 13.7. The molecule has 0 aliphatic heterocycles. The van der Waals surface area contributed by atoms with Gasteiger partial charge in [-0.3, -0.25) is 24.0 Å². The number of carboxylic acids is 2. The van der Waals surface area contributed by atoms with Crippen LogP contribution in [0.2, 0.25) is 0 Å². The molecule has 0 radical (unpaired) electrons. The van der Waals surface area contributed by atoms with Crippen molar-refractivity contribution in [1.29, 1.82) is 0 Å². The fraction of sp³-hybridized carbons (Fsp3) is 0.739. The van der Waals surface area contributed by atoms with Gasteiger partial charge in [0.05, 0.1) is 12.5 Å². The topological polar surface area (TPSA) is 243 Å². The van der Waals surface area contributed by atoms with Gasteiger partial charge in [0.15, 0.2) is 0 Å². The molecule has 0 saturated carbocycles. The van der Waals surface area contributed by atoms with Gasteiger partial charge in [-0.05, 0) is 57.1 Å². The van der Waals surface area contributed by atoms with Gasteiger partial charge in [-0.2, -0.15) is 11.8 Å². The molecule has 14 nitrogen and oxygen atoms in total. The zero-order chi connectivity index (χ0) is 29.4. The van der Waals surface area contributed by atoms with Crippen LogP contribution in [0.25, 0.3) is 0 Å². The first kappa shape index (κ1) is 35.1. The minimum atomic E-state index is -1.37. The molecule has 0 aromatic rings. The number of aliphatic carboxylic acids is 2. The highest BCUT2D eigenvalue weighted by molar-refractivity contribution is 7.98. The van der Waals surface area contributed by atoms with E-state index in [4.69, 9.17) is 16.6 Å². The van der Waals surface area contributed by atoms with Crippen LogP contribution in [0.15, 0.2) is 0 Å². The van der Waals surface area contributed by atoms with Gasteiger partial charge in [0.25, 0.3) is 0 Å². The Bertz CT molecular complexity index is 828. The van der Waals surface area contributed by atoms with Crippen LogP contribution in [0, 0.1) is 5.92 Å². The molecule has 5 atom stereocenters. The zero-order valence-corrected chi connectivity index (χ0v) is 23.1. The largest absolute Gasteiger partial charge is 0.481 e. The molecule has 0 aliphatic rings. The maximum Gasteiger partial charge on any atom is 0.326 e. The standard InChI is InChI=1S/C23H42N6O8S/c1-12(2)18(29-20(33)14(25)11-17(30)31)22(35)27-15(7-5-6-9-24)21(34)26-13(3)19(32)28-16(23(36)37)8-10-38-4/h12-16,18H,5-11,24-25H2,1-4H3,(H,26,34)(H,27,35)(H,28,32)(H,29,33)(H,30,31)(H,36,37)/t13-,14-,15-,16-,18-/m0/s1. The lowest BCUT2D eigenvalue weighted by molar-refractivity contribution is -0.142. The number of hydrogen-bond acceptors (Lipinski definition) is 9. The molecular formula is C23H42N6O8S. The second kappa shape index (κ2) is 18.4. The summed E-state index contributed by atoms with van der Waals surface area (Å²) in [4.78, 5) is 73.1. The zero-order valence-electron chi connectivity index (χ0n) is 22.3. The minimum absolute atomic E-state index is 0.186. The number of carboxylic acid groups (broad SMARTS) is 2. The maximum atomic E-state index is 13.0. The average Bonchev–Trinajstić information content (AvgIpc) is 2.82. The summed E-state index contributed by atoms with van der Waals surface area (Å²) in [5, 5.41) is 28.1. The van der Waals surface area contributed by atoms with Gasteiger partial charge in [0, 0.05) is 0 Å². The molecule has 218 valence electrons. The predicted octanol–water partition coefficient (Wildman–Crippen LogP) is -1.63. The second-order valence-electron chi connectivity index (χ2n) is 9.19. The van der Waals surface area contributed by atoms with Gasteiger partial charge in [-0.1, -0.05) is 13.8 Å². The summed E-state index contributed by atoms with van der Waals surface area (Å²) >= 11 is 1.43. The molecule has 0 aromatic heterocycles. The first-order chi connectivity index (χ1) is 17.7. The monoisotopic (exact) mass is 562 g/mol. The summed E-state index contributed by atoms with van der Waals surface area (Å²) in [6, 6.07) is -5.77. The molecule has 0 fully saturated rings. The Hall–Kier alpha value is -2.91. The van der Waals surface area contributed by atoms with Gasteiger partial charge >= 0.3 is 11.9 Å². The van der Waals surface area contributed by atoms with Crippen molar-refractivity contribution in [3.63, 3.8) is 0 Å². The number of carbonyl (C=O) groups is 6. The highest BCUT2D eigenvalue weighted by atomic mass is 32.2. The lowest BCUT2D eigenvalue weighted by atomic mass is 10.0. The van der Waals surface area contributed by atoms with Crippen molar-refractivity contribution < 1.29 is 39.0 Å². The van der Waals surface area contributed by atoms with Crippen molar-refractivity contribution in [3.05, 3.63) is 0 Å². The van der Waals surface area contributed by atoms with E-state index >= 15 is 0 Å². The average molecular weight is 563 g/mol. The molecule has 0 unspecified atom stereocenters. The Morgan fingerprint density at radius 2 is 1.39 bits per heavy atom. The number of nitrogens with two attached hydrogens (primary N) is 2. The van der Waals surface area contributed by atoms with E-state index in [9.17, 15) is 33.9 Å². The number of amides is 4. The SMILES string of the molecule is CSCC[C@H](NC(=O)[C@H](C)NC(=O)[C@H](CCCCN)NC(=O)[C@@H](NC(=O)[C@@H](N)CC(=O)O)C(C)C)C(=O)O. The van der Waals surface area contributed by atoms with Crippen LogP contribution in [0.4, 0.5) is 0 Å². The number of unbranched alkanes of at least 4 members (excludes halogenated alkanes) is 1. The number of rotatable bonds is 19. The van der Waals surface area contributed by atoms with Crippen LogP contribution in [0.5, 0.6) is 0 Å². The molecule has 0 heterocycles. The molecule has 0 saturated heterocycles. The predicted molar refractivity (Wildman–Crippen MR) is 142 cm³/mol. The minimum Gasteiger partial charge on any atom is -0.481 e. The van der Waals surface area contributed by atoms with Gasteiger partial charge in [0.2, 0.25) is 23.6 Å². The van der Waals surface area contributed by atoms with E-state index < -0.39 is 78.1 Å². The van der Waals surface area contributed by atoms with Crippen molar-refractivity contribution in [2.45, 2.75) is 83.1 Å². The molecule has 38 heavy (non-hydrogen) atoms. The number of carbonyl (C=O) groups excluding carboxylic acids is 4. The van der Waals surface area contributed by atoms with Gasteiger partial charge in [-0.25, -0.2) is 4.79 Å². The van der Waals surface area contributed by atoms with E-state index in [1.165, 1.54) is 18.7 Å². The van der Waals surface area contributed by atoms with E-state index in [1.54, 1.807) is 13.8 Å². The van der Waals surface area contributed by atoms with E-state index in [-0.39, 0.29) is 12.8 Å². The van der Waals surface area contributed by atoms with Gasteiger partial charge in [-0.15, -0.1) is 0 Å². The van der Waals surface area contributed by atoms with Crippen LogP contribution < -0.4 is 32.7 Å². The smallest absolute Gasteiger partial charge is 0.326 e. The molecule has 0 aliphatic carbocycles. The summed E-state index contributed by atoms with van der Waals surface area (Å²) in [5.41, 5.74) is 11.1. The van der Waals surface area contributed by atoms with Crippen LogP contribution in [-0.2, 0) is 28.8 Å². The lowest BCUT2D eigenvalue weighted by Crippen LogP contribution is -2.59. The summed E-state index contributed by atoms with van der Waals surface area (Å²) in [5.74, 6) is -5.27. The number of nitrogens with one attached hydrogen (secondary N) is 4. The fourth-order valence-electron chi connectivity index (χ4n) is 3.27. The third-order valence-electron chi connectivity index (χ3n) is 5.54. The summed E-state index contributed by atoms with van der Waals surface area (Å²) in [7, 11) is 0. The van der Waals surface area contributed by atoms with Crippen molar-refractivity contribution in [3.8, 4) is 0 Å². The van der Waals surface area contributed by atoms with Crippen LogP contribution in [-0.4, -0.2) is 94.5 Å². The third kappa shape index (κ3) is 13.6. The third-order valence-corrected chi connectivity index (χ3v) is 6.18. The highest BCUT2D eigenvalue weighted by Gasteiger charge is 2.31.